The van der Waals surface area contributed by atoms with E-state index in [1.54, 1.807) is 0 Å². The summed E-state index contributed by atoms with van der Waals surface area (Å²) in [5, 5.41) is 2.30. The highest BCUT2D eigenvalue weighted by molar-refractivity contribution is 7.85. The van der Waals surface area contributed by atoms with Gasteiger partial charge < -0.3 is 9.72 Å². The van der Waals surface area contributed by atoms with Crippen LogP contribution in [-0.4, -0.2) is 36.1 Å². The van der Waals surface area contributed by atoms with Crippen molar-refractivity contribution >= 4 is 33.2 Å². The molecule has 18 heavy (non-hydrogen) atoms. The molecule has 0 radical (unpaired) electrons. The van der Waals surface area contributed by atoms with Gasteiger partial charge in [-0.3, -0.25) is 9.87 Å². The fourth-order valence-electron chi connectivity index (χ4n) is 1.35. The van der Waals surface area contributed by atoms with Crippen LogP contribution in [0.4, 0.5) is 10.7 Å². The van der Waals surface area contributed by atoms with Gasteiger partial charge in [-0.1, -0.05) is 0 Å². The minimum atomic E-state index is -4.28. The smallest absolute Gasteiger partial charge is 0.413 e. The third kappa shape index (κ3) is 2.41. The molecule has 0 aliphatic rings. The van der Waals surface area contributed by atoms with Crippen LogP contribution >= 0.6 is 0 Å². The van der Waals surface area contributed by atoms with Gasteiger partial charge >= 0.3 is 6.09 Å². The molecule has 8 nitrogen and oxygen atoms in total. The lowest BCUT2D eigenvalue weighted by atomic mass is 10.3. The molecule has 3 N–H and O–H groups in total. The quantitative estimate of drug-likeness (QED) is 0.700. The summed E-state index contributed by atoms with van der Waals surface area (Å²) in [6.07, 6.45) is -0.705. The van der Waals surface area contributed by atoms with E-state index in [1.165, 1.54) is 25.3 Å². The molecule has 1 aromatic carbocycles. The van der Waals surface area contributed by atoms with Crippen molar-refractivity contribution in [2.75, 3.05) is 12.4 Å². The lowest BCUT2D eigenvalue weighted by Gasteiger charge is -1.96. The first-order chi connectivity index (χ1) is 8.40. The van der Waals surface area contributed by atoms with Gasteiger partial charge in [0.1, 0.15) is 0 Å². The molecule has 0 spiro atoms. The second-order valence-corrected chi connectivity index (χ2v) is 4.78. The van der Waals surface area contributed by atoms with E-state index in [0.29, 0.717) is 5.52 Å². The number of aromatic nitrogens is 2. The summed E-state index contributed by atoms with van der Waals surface area (Å²) in [6, 6.07) is 3.83. The Morgan fingerprint density at radius 2 is 2.22 bits per heavy atom. The van der Waals surface area contributed by atoms with Crippen LogP contribution in [0.15, 0.2) is 23.1 Å². The molecule has 0 unspecified atom stereocenters. The molecule has 0 fully saturated rings. The molecule has 0 atom stereocenters. The topological polar surface area (TPSA) is 121 Å². The molecule has 1 amide bonds. The molecule has 1 aromatic heterocycles. The Morgan fingerprint density at radius 3 is 2.83 bits per heavy atom. The number of aromatic amines is 1. The molecule has 9 heteroatoms. The predicted octanol–water partition coefficient (Wildman–Crippen LogP) is 0.988. The molecule has 0 aliphatic carbocycles. The second kappa shape index (κ2) is 4.27. The van der Waals surface area contributed by atoms with Crippen molar-refractivity contribution in [3.05, 3.63) is 18.2 Å². The van der Waals surface area contributed by atoms with Gasteiger partial charge in [-0.2, -0.15) is 8.42 Å². The fraction of sp³-hybridized carbons (Fsp3) is 0.111. The summed E-state index contributed by atoms with van der Waals surface area (Å²) in [4.78, 5) is 17.4. The number of ether oxygens (including phenoxy) is 1. The van der Waals surface area contributed by atoms with Crippen LogP contribution in [0.25, 0.3) is 11.0 Å². The van der Waals surface area contributed by atoms with Gasteiger partial charge in [-0.05, 0) is 18.2 Å². The van der Waals surface area contributed by atoms with Crippen LogP contribution in [0.1, 0.15) is 0 Å². The summed E-state index contributed by atoms with van der Waals surface area (Å²) < 4.78 is 35.1. The van der Waals surface area contributed by atoms with E-state index in [1.807, 2.05) is 0 Å². The van der Waals surface area contributed by atoms with Gasteiger partial charge in [0.25, 0.3) is 10.1 Å². The number of rotatable bonds is 2. The van der Waals surface area contributed by atoms with Gasteiger partial charge in [0.05, 0.1) is 23.0 Å². The summed E-state index contributed by atoms with van der Waals surface area (Å²) in [6.45, 7) is 0. The highest BCUT2D eigenvalue weighted by Gasteiger charge is 2.12. The van der Waals surface area contributed by atoms with Gasteiger partial charge in [-0.25, -0.2) is 9.78 Å². The van der Waals surface area contributed by atoms with Crippen LogP contribution < -0.4 is 5.32 Å². The van der Waals surface area contributed by atoms with E-state index in [9.17, 15) is 13.2 Å². The third-order valence-corrected chi connectivity index (χ3v) is 3.01. The number of nitrogens with zero attached hydrogens (tertiary/aromatic N) is 1. The highest BCUT2D eigenvalue weighted by atomic mass is 32.2. The van der Waals surface area contributed by atoms with E-state index in [-0.39, 0.29) is 16.4 Å². The number of hydrogen-bond acceptors (Lipinski definition) is 5. The number of H-pyrrole nitrogens is 1. The Bertz CT molecular complexity index is 706. The monoisotopic (exact) mass is 271 g/mol. The molecule has 2 rings (SSSR count). The van der Waals surface area contributed by atoms with Crippen molar-refractivity contribution in [3.8, 4) is 0 Å². The third-order valence-electron chi connectivity index (χ3n) is 2.16. The Kier molecular flexibility index (Phi) is 2.93. The summed E-state index contributed by atoms with van der Waals surface area (Å²) in [7, 11) is -3.08. The summed E-state index contributed by atoms with van der Waals surface area (Å²) >= 11 is 0. The average Bonchev–Trinajstić information content (AvgIpc) is 2.68. The Morgan fingerprint density at radius 1 is 1.50 bits per heavy atom. The van der Waals surface area contributed by atoms with E-state index in [4.69, 9.17) is 4.55 Å². The molecule has 0 saturated heterocycles. The van der Waals surface area contributed by atoms with Crippen molar-refractivity contribution < 1.29 is 22.5 Å². The zero-order valence-electron chi connectivity index (χ0n) is 9.17. The molecule has 0 aliphatic heterocycles. The second-order valence-electron chi connectivity index (χ2n) is 3.36. The zero-order chi connectivity index (χ0) is 13.3. The van der Waals surface area contributed by atoms with Gasteiger partial charge in [-0.15, -0.1) is 0 Å². The SMILES string of the molecule is COC(=O)Nc1nc2cc(S(=O)(=O)O)ccc2[nH]1. The number of anilines is 1. The van der Waals surface area contributed by atoms with Gasteiger partial charge in [0.15, 0.2) is 0 Å². The van der Waals surface area contributed by atoms with E-state index >= 15 is 0 Å². The number of nitrogens with one attached hydrogen (secondary N) is 2. The van der Waals surface area contributed by atoms with Crippen molar-refractivity contribution in [1.29, 1.82) is 0 Å². The van der Waals surface area contributed by atoms with Crippen LogP contribution in [0.2, 0.25) is 0 Å². The maximum absolute atomic E-state index is 11.0. The maximum Gasteiger partial charge on any atom is 0.413 e. The number of benzene rings is 1. The van der Waals surface area contributed by atoms with E-state index in [0.717, 1.165) is 0 Å². The van der Waals surface area contributed by atoms with Crippen molar-refractivity contribution in [2.45, 2.75) is 4.90 Å². The number of fused-ring (bicyclic) bond motifs is 1. The van der Waals surface area contributed by atoms with E-state index in [2.05, 4.69) is 20.0 Å². The number of amides is 1. The maximum atomic E-state index is 11.0. The van der Waals surface area contributed by atoms with Crippen molar-refractivity contribution in [2.24, 2.45) is 0 Å². The highest BCUT2D eigenvalue weighted by Crippen LogP contribution is 2.18. The van der Waals surface area contributed by atoms with Crippen molar-refractivity contribution in [3.63, 3.8) is 0 Å². The largest absolute Gasteiger partial charge is 0.453 e. The lowest BCUT2D eigenvalue weighted by Crippen LogP contribution is -2.11. The molecular formula is C9H9N3O5S. The van der Waals surface area contributed by atoms with Crippen molar-refractivity contribution in [1.82, 2.24) is 9.97 Å². The minimum Gasteiger partial charge on any atom is -0.453 e. The normalized spacial score (nSPS) is 11.4. The molecule has 1 heterocycles. The Hall–Kier alpha value is -2.13. The molecule has 2 aromatic rings. The Labute approximate surface area is 102 Å². The van der Waals surface area contributed by atoms with Crippen LogP contribution in [0.3, 0.4) is 0 Å². The molecule has 96 valence electrons. The average molecular weight is 271 g/mol. The number of imidazole rings is 1. The first-order valence-corrected chi connectivity index (χ1v) is 6.16. The van der Waals surface area contributed by atoms with Gasteiger partial charge in [0, 0.05) is 0 Å². The number of carbonyl (C=O) groups excluding carboxylic acids is 1. The first-order valence-electron chi connectivity index (χ1n) is 4.72. The van der Waals surface area contributed by atoms with E-state index < -0.39 is 16.2 Å². The predicted molar refractivity (Wildman–Crippen MR) is 61.9 cm³/mol. The lowest BCUT2D eigenvalue weighted by molar-refractivity contribution is 0.186. The first kappa shape index (κ1) is 12.3. The molecule has 0 bridgehead atoms. The molecule has 0 saturated carbocycles. The van der Waals surface area contributed by atoms with Crippen LogP contribution in [-0.2, 0) is 14.9 Å². The number of carbonyl (C=O) groups is 1. The minimum absolute atomic E-state index is 0.115. The fourth-order valence-corrected chi connectivity index (χ4v) is 1.85. The Balaban J connectivity index is 2.43. The standard InChI is InChI=1S/C9H9N3O5S/c1-17-9(13)12-8-10-6-3-2-5(18(14,15)16)4-7(6)11-8/h2-4H,1H3,(H,14,15,16)(H2,10,11,12,13). The number of methoxy groups -OCH3 is 1. The summed E-state index contributed by atoms with van der Waals surface area (Å²) in [5.74, 6) is 0.115. The zero-order valence-corrected chi connectivity index (χ0v) is 9.98. The van der Waals surface area contributed by atoms with Crippen LogP contribution in [0, 0.1) is 0 Å². The summed E-state index contributed by atoms with van der Waals surface area (Å²) in [5.41, 5.74) is 0.797. The van der Waals surface area contributed by atoms with Gasteiger partial charge in [0.2, 0.25) is 5.95 Å². The van der Waals surface area contributed by atoms with Crippen LogP contribution in [0.5, 0.6) is 0 Å². The number of hydrogen-bond donors (Lipinski definition) is 3. The molecular weight excluding hydrogens is 262 g/mol.